The standard InChI is InChI=1S/C21H19N3O4S/c1-12-2-4-15-18(8-12)29-21(22-15)23-20(26)13-9-19(25)24(11-13)14-3-5-16-17(10-14)28-7-6-27-16/h2-5,8,10,13H,6-7,9,11H2,1H3,(H,22,23,26). The maximum atomic E-state index is 12.7. The molecular formula is C21H19N3O4S. The first-order chi connectivity index (χ1) is 14.1. The molecule has 0 bridgehead atoms. The van der Waals surface area contributed by atoms with Gasteiger partial charge in [-0.05, 0) is 36.8 Å². The van der Waals surface area contributed by atoms with Crippen LogP contribution in [0.4, 0.5) is 10.8 Å². The third-order valence-corrected chi connectivity index (χ3v) is 6.04. The summed E-state index contributed by atoms with van der Waals surface area (Å²) in [5, 5.41) is 3.44. The van der Waals surface area contributed by atoms with Crippen LogP contribution < -0.4 is 19.7 Å². The summed E-state index contributed by atoms with van der Waals surface area (Å²) in [7, 11) is 0. The number of thiazole rings is 1. The zero-order valence-electron chi connectivity index (χ0n) is 15.8. The third kappa shape index (κ3) is 3.40. The van der Waals surface area contributed by atoms with Crippen molar-refractivity contribution in [3.8, 4) is 11.5 Å². The number of anilines is 2. The number of ether oxygens (including phenoxy) is 2. The van der Waals surface area contributed by atoms with E-state index >= 15 is 0 Å². The molecule has 2 amide bonds. The summed E-state index contributed by atoms with van der Waals surface area (Å²) < 4.78 is 12.2. The molecule has 0 aliphatic carbocycles. The lowest BCUT2D eigenvalue weighted by Gasteiger charge is -2.22. The van der Waals surface area contributed by atoms with Gasteiger partial charge in [-0.2, -0.15) is 0 Å². The molecule has 1 atom stereocenters. The molecule has 7 nitrogen and oxygen atoms in total. The molecule has 2 aliphatic rings. The Kier molecular flexibility index (Phi) is 4.35. The second-order valence-corrected chi connectivity index (χ2v) is 8.24. The average Bonchev–Trinajstić information content (AvgIpc) is 3.30. The second kappa shape index (κ2) is 7.04. The van der Waals surface area contributed by atoms with Crippen LogP contribution in [0.2, 0.25) is 0 Å². The molecule has 0 saturated carbocycles. The minimum atomic E-state index is -0.426. The average molecular weight is 409 g/mol. The summed E-state index contributed by atoms with van der Waals surface area (Å²) in [6.45, 7) is 3.35. The molecule has 3 heterocycles. The molecule has 0 radical (unpaired) electrons. The highest BCUT2D eigenvalue weighted by atomic mass is 32.1. The van der Waals surface area contributed by atoms with Gasteiger partial charge in [-0.3, -0.25) is 9.59 Å². The lowest BCUT2D eigenvalue weighted by atomic mass is 10.1. The predicted molar refractivity (Wildman–Crippen MR) is 111 cm³/mol. The number of rotatable bonds is 3. The number of hydrogen-bond acceptors (Lipinski definition) is 6. The van der Waals surface area contributed by atoms with Gasteiger partial charge in [0.25, 0.3) is 0 Å². The molecular weight excluding hydrogens is 390 g/mol. The number of fused-ring (bicyclic) bond motifs is 2. The number of nitrogens with one attached hydrogen (secondary N) is 1. The number of hydrogen-bond donors (Lipinski definition) is 1. The Balaban J connectivity index is 1.31. The van der Waals surface area contributed by atoms with E-state index in [1.54, 1.807) is 17.0 Å². The van der Waals surface area contributed by atoms with Gasteiger partial charge in [0.2, 0.25) is 11.8 Å². The van der Waals surface area contributed by atoms with E-state index in [4.69, 9.17) is 9.47 Å². The normalized spacial score (nSPS) is 18.3. The topological polar surface area (TPSA) is 80.8 Å². The van der Waals surface area contributed by atoms with Gasteiger partial charge >= 0.3 is 0 Å². The first-order valence-electron chi connectivity index (χ1n) is 9.45. The van der Waals surface area contributed by atoms with Crippen LogP contribution in [0.5, 0.6) is 11.5 Å². The molecule has 1 aromatic heterocycles. The zero-order chi connectivity index (χ0) is 20.0. The molecule has 148 valence electrons. The molecule has 8 heteroatoms. The van der Waals surface area contributed by atoms with Crippen molar-refractivity contribution in [2.24, 2.45) is 5.92 Å². The maximum Gasteiger partial charge on any atom is 0.231 e. The van der Waals surface area contributed by atoms with E-state index in [1.165, 1.54) is 11.3 Å². The smallest absolute Gasteiger partial charge is 0.231 e. The van der Waals surface area contributed by atoms with Crippen molar-refractivity contribution < 1.29 is 19.1 Å². The Morgan fingerprint density at radius 3 is 2.86 bits per heavy atom. The number of aryl methyl sites for hydroxylation is 1. The van der Waals surface area contributed by atoms with Crippen molar-refractivity contribution in [3.63, 3.8) is 0 Å². The molecule has 29 heavy (non-hydrogen) atoms. The lowest BCUT2D eigenvalue weighted by Crippen LogP contribution is -2.28. The van der Waals surface area contributed by atoms with Crippen LogP contribution in [0.15, 0.2) is 36.4 Å². The summed E-state index contributed by atoms with van der Waals surface area (Å²) in [5.41, 5.74) is 2.72. The predicted octanol–water partition coefficient (Wildman–Crippen LogP) is 3.37. The van der Waals surface area contributed by atoms with Crippen molar-refractivity contribution in [1.82, 2.24) is 4.98 Å². The molecule has 1 N–H and O–H groups in total. The van der Waals surface area contributed by atoms with Gasteiger partial charge in [0, 0.05) is 24.7 Å². The molecule has 1 unspecified atom stereocenters. The Labute approximate surface area is 171 Å². The van der Waals surface area contributed by atoms with Gasteiger partial charge in [-0.25, -0.2) is 4.98 Å². The van der Waals surface area contributed by atoms with Crippen LogP contribution in [0, 0.1) is 12.8 Å². The van der Waals surface area contributed by atoms with E-state index in [2.05, 4.69) is 10.3 Å². The fourth-order valence-electron chi connectivity index (χ4n) is 3.63. The van der Waals surface area contributed by atoms with E-state index in [9.17, 15) is 9.59 Å². The van der Waals surface area contributed by atoms with Gasteiger partial charge in [0.1, 0.15) is 13.2 Å². The maximum absolute atomic E-state index is 12.7. The Hall–Kier alpha value is -3.13. The molecule has 2 aliphatic heterocycles. The van der Waals surface area contributed by atoms with Gasteiger partial charge in [-0.15, -0.1) is 0 Å². The van der Waals surface area contributed by atoms with Crippen molar-refractivity contribution >= 4 is 44.2 Å². The van der Waals surface area contributed by atoms with Crippen molar-refractivity contribution in [2.75, 3.05) is 30.0 Å². The Bertz CT molecular complexity index is 1130. The molecule has 1 saturated heterocycles. The molecule has 3 aromatic rings. The number of amides is 2. The highest BCUT2D eigenvalue weighted by molar-refractivity contribution is 7.22. The van der Waals surface area contributed by atoms with Crippen molar-refractivity contribution in [2.45, 2.75) is 13.3 Å². The molecule has 5 rings (SSSR count). The lowest BCUT2D eigenvalue weighted by molar-refractivity contribution is -0.122. The van der Waals surface area contributed by atoms with Crippen LogP contribution in [0.3, 0.4) is 0 Å². The van der Waals surface area contributed by atoms with Gasteiger partial charge in [0.05, 0.1) is 16.1 Å². The SMILES string of the molecule is Cc1ccc2nc(NC(=O)C3CC(=O)N(c4ccc5c(c4)OCCO5)C3)sc2c1. The number of carbonyl (C=O) groups excluding carboxylic acids is 2. The third-order valence-electron chi connectivity index (χ3n) is 5.11. The quantitative estimate of drug-likeness (QED) is 0.717. The minimum absolute atomic E-state index is 0.0817. The first kappa shape index (κ1) is 17.9. The second-order valence-electron chi connectivity index (χ2n) is 7.21. The summed E-state index contributed by atoms with van der Waals surface area (Å²) >= 11 is 1.44. The number of carbonyl (C=O) groups is 2. The summed E-state index contributed by atoms with van der Waals surface area (Å²) in [6, 6.07) is 11.4. The van der Waals surface area contributed by atoms with E-state index < -0.39 is 5.92 Å². The van der Waals surface area contributed by atoms with E-state index in [0.717, 1.165) is 15.8 Å². The van der Waals surface area contributed by atoms with Crippen molar-refractivity contribution in [3.05, 3.63) is 42.0 Å². The van der Waals surface area contributed by atoms with Crippen LogP contribution in [0.1, 0.15) is 12.0 Å². The van der Waals surface area contributed by atoms with Crippen LogP contribution >= 0.6 is 11.3 Å². The minimum Gasteiger partial charge on any atom is -0.486 e. The van der Waals surface area contributed by atoms with Gasteiger partial charge in [0.15, 0.2) is 16.6 Å². The highest BCUT2D eigenvalue weighted by Crippen LogP contribution is 2.36. The Morgan fingerprint density at radius 2 is 2.00 bits per heavy atom. The molecule has 1 fully saturated rings. The highest BCUT2D eigenvalue weighted by Gasteiger charge is 2.36. The fraction of sp³-hybridized carbons (Fsp3) is 0.286. The monoisotopic (exact) mass is 409 g/mol. The van der Waals surface area contributed by atoms with E-state index in [0.29, 0.717) is 42.1 Å². The van der Waals surface area contributed by atoms with Gasteiger partial charge < -0.3 is 19.7 Å². The van der Waals surface area contributed by atoms with Gasteiger partial charge in [-0.1, -0.05) is 17.4 Å². The fourth-order valence-corrected chi connectivity index (χ4v) is 4.59. The van der Waals surface area contributed by atoms with Crippen LogP contribution in [0.25, 0.3) is 10.2 Å². The summed E-state index contributed by atoms with van der Waals surface area (Å²) in [5.74, 6) is 0.603. The first-order valence-corrected chi connectivity index (χ1v) is 10.3. The summed E-state index contributed by atoms with van der Waals surface area (Å²) in [4.78, 5) is 31.4. The number of aromatic nitrogens is 1. The molecule has 0 spiro atoms. The van der Waals surface area contributed by atoms with Crippen molar-refractivity contribution in [1.29, 1.82) is 0 Å². The largest absolute Gasteiger partial charge is 0.486 e. The summed E-state index contributed by atoms with van der Waals surface area (Å²) in [6.07, 6.45) is 0.171. The van der Waals surface area contributed by atoms with Crippen LogP contribution in [-0.4, -0.2) is 36.6 Å². The van der Waals surface area contributed by atoms with Crippen LogP contribution in [-0.2, 0) is 9.59 Å². The number of nitrogens with zero attached hydrogens (tertiary/aromatic N) is 2. The van der Waals surface area contributed by atoms with E-state index in [1.807, 2.05) is 31.2 Å². The number of benzene rings is 2. The Morgan fingerprint density at radius 1 is 1.17 bits per heavy atom. The molecule has 2 aromatic carbocycles. The zero-order valence-corrected chi connectivity index (χ0v) is 16.6. The van der Waals surface area contributed by atoms with E-state index in [-0.39, 0.29) is 18.2 Å².